The van der Waals surface area contributed by atoms with Crippen LogP contribution in [0.2, 0.25) is 0 Å². The molecule has 0 aliphatic carbocycles. The zero-order valence-electron chi connectivity index (χ0n) is 8.92. The fraction of sp³-hybridized carbons (Fsp3) is 0.300. The van der Waals surface area contributed by atoms with E-state index < -0.39 is 5.97 Å². The number of carboxylic acid groups (broad SMARTS) is 1. The van der Waals surface area contributed by atoms with Crippen molar-refractivity contribution >= 4 is 11.5 Å². The first-order valence-corrected chi connectivity index (χ1v) is 5.01. The third-order valence-electron chi connectivity index (χ3n) is 2.24. The number of carboxylic acids is 1. The van der Waals surface area contributed by atoms with Crippen LogP contribution in [0, 0.1) is 0 Å². The van der Waals surface area contributed by atoms with Gasteiger partial charge in [-0.2, -0.15) is 0 Å². The number of aromatic nitrogens is 3. The summed E-state index contributed by atoms with van der Waals surface area (Å²) in [5.41, 5.74) is 0.209. The average molecular weight is 237 g/mol. The minimum Gasteiger partial charge on any atom is -0.481 e. The lowest BCUT2D eigenvalue weighted by molar-refractivity contribution is -0.138. The van der Waals surface area contributed by atoms with E-state index in [9.17, 15) is 9.59 Å². The van der Waals surface area contributed by atoms with Gasteiger partial charge in [0, 0.05) is 12.4 Å². The third-order valence-corrected chi connectivity index (χ3v) is 2.24. The number of nitrogens with one attached hydrogen (secondary N) is 1. The largest absolute Gasteiger partial charge is 0.481 e. The van der Waals surface area contributed by atoms with Gasteiger partial charge in [-0.3, -0.25) is 14.0 Å². The van der Waals surface area contributed by atoms with Crippen molar-refractivity contribution in [1.29, 1.82) is 0 Å². The van der Waals surface area contributed by atoms with Gasteiger partial charge in [0.1, 0.15) is 17.9 Å². The molecule has 17 heavy (non-hydrogen) atoms. The fourth-order valence-corrected chi connectivity index (χ4v) is 1.42. The Bertz CT molecular complexity index is 586. The van der Waals surface area contributed by atoms with E-state index in [1.165, 1.54) is 12.4 Å². The number of nitrogens with zero attached hydrogens (tertiary/aromatic N) is 2. The molecule has 7 nitrogen and oxygen atoms in total. The Morgan fingerprint density at radius 2 is 2.41 bits per heavy atom. The van der Waals surface area contributed by atoms with Crippen molar-refractivity contribution in [2.75, 3.05) is 6.61 Å². The molecule has 0 aliphatic rings. The normalized spacial score (nSPS) is 10.8. The van der Waals surface area contributed by atoms with Gasteiger partial charge >= 0.3 is 5.97 Å². The maximum Gasteiger partial charge on any atom is 0.305 e. The second-order valence-corrected chi connectivity index (χ2v) is 3.42. The maximum atomic E-state index is 11.4. The smallest absolute Gasteiger partial charge is 0.305 e. The predicted octanol–water partition coefficient (Wildman–Crippen LogP) is 0.0139. The molecule has 0 radical (unpaired) electrons. The summed E-state index contributed by atoms with van der Waals surface area (Å²) in [6.07, 6.45) is 4.58. The SMILES string of the molecule is O=C(O)CCOCc1ncc2c(=O)[nH]ccn12. The molecule has 0 saturated carbocycles. The summed E-state index contributed by atoms with van der Waals surface area (Å²) < 4.78 is 6.77. The van der Waals surface area contributed by atoms with Crippen LogP contribution in [0.15, 0.2) is 23.4 Å². The van der Waals surface area contributed by atoms with E-state index in [1.54, 1.807) is 10.6 Å². The Balaban J connectivity index is 2.07. The minimum atomic E-state index is -0.908. The first-order valence-electron chi connectivity index (χ1n) is 5.01. The minimum absolute atomic E-state index is 0.0517. The maximum absolute atomic E-state index is 11.4. The van der Waals surface area contributed by atoms with Gasteiger partial charge in [0.05, 0.1) is 19.2 Å². The summed E-state index contributed by atoms with van der Waals surface area (Å²) in [6, 6.07) is 0. The fourth-order valence-electron chi connectivity index (χ4n) is 1.42. The number of carbonyl (C=O) groups is 1. The first-order chi connectivity index (χ1) is 8.18. The lowest BCUT2D eigenvalue weighted by Crippen LogP contribution is -2.09. The van der Waals surface area contributed by atoms with Crippen molar-refractivity contribution in [2.45, 2.75) is 13.0 Å². The van der Waals surface area contributed by atoms with E-state index in [0.29, 0.717) is 11.3 Å². The number of hydrogen-bond donors (Lipinski definition) is 2. The summed E-state index contributed by atoms with van der Waals surface area (Å²) in [6.45, 7) is 0.290. The standard InChI is InChI=1S/C10H11N3O4/c14-9(15)1-4-17-6-8-12-5-7-10(16)11-2-3-13(7)8/h2-3,5H,1,4,6H2,(H,11,16)(H,14,15). The molecular formula is C10H11N3O4. The quantitative estimate of drug-likeness (QED) is 0.714. The molecular weight excluding hydrogens is 226 g/mol. The highest BCUT2D eigenvalue weighted by atomic mass is 16.5. The Morgan fingerprint density at radius 1 is 1.59 bits per heavy atom. The van der Waals surface area contributed by atoms with Gasteiger partial charge in [0.2, 0.25) is 0 Å². The number of aromatic amines is 1. The zero-order valence-corrected chi connectivity index (χ0v) is 8.92. The Kier molecular flexibility index (Phi) is 3.20. The van der Waals surface area contributed by atoms with Crippen molar-refractivity contribution in [1.82, 2.24) is 14.4 Å². The number of H-pyrrole nitrogens is 1. The monoisotopic (exact) mass is 237 g/mol. The number of imidazole rings is 1. The van der Waals surface area contributed by atoms with Crippen molar-refractivity contribution in [2.24, 2.45) is 0 Å². The molecule has 7 heteroatoms. The van der Waals surface area contributed by atoms with Crippen LogP contribution in [-0.2, 0) is 16.1 Å². The van der Waals surface area contributed by atoms with Crippen LogP contribution in [0.5, 0.6) is 0 Å². The van der Waals surface area contributed by atoms with Crippen molar-refractivity contribution in [3.8, 4) is 0 Å². The molecule has 90 valence electrons. The van der Waals surface area contributed by atoms with Gasteiger partial charge in [0.15, 0.2) is 0 Å². The molecule has 0 saturated heterocycles. The molecule has 2 aromatic rings. The van der Waals surface area contributed by atoms with E-state index >= 15 is 0 Å². The molecule has 2 heterocycles. The van der Waals surface area contributed by atoms with E-state index in [-0.39, 0.29) is 25.2 Å². The molecule has 2 rings (SSSR count). The van der Waals surface area contributed by atoms with Gasteiger partial charge in [0.25, 0.3) is 5.56 Å². The van der Waals surface area contributed by atoms with Crippen LogP contribution < -0.4 is 5.56 Å². The highest BCUT2D eigenvalue weighted by molar-refractivity contribution is 5.66. The number of rotatable bonds is 5. The lowest BCUT2D eigenvalue weighted by atomic mass is 10.5. The second-order valence-electron chi connectivity index (χ2n) is 3.42. The molecule has 0 aliphatic heterocycles. The van der Waals surface area contributed by atoms with E-state index in [4.69, 9.17) is 9.84 Å². The van der Waals surface area contributed by atoms with Gasteiger partial charge in [-0.15, -0.1) is 0 Å². The van der Waals surface area contributed by atoms with Crippen molar-refractivity contribution in [3.05, 3.63) is 34.8 Å². The topological polar surface area (TPSA) is 96.7 Å². The molecule has 0 unspecified atom stereocenters. The van der Waals surface area contributed by atoms with E-state index in [1.807, 2.05) is 0 Å². The highest BCUT2D eigenvalue weighted by Crippen LogP contribution is 2.02. The number of aliphatic carboxylic acids is 1. The molecule has 2 N–H and O–H groups in total. The summed E-state index contributed by atoms with van der Waals surface area (Å²) in [5.74, 6) is -0.342. The second kappa shape index (κ2) is 4.79. The van der Waals surface area contributed by atoms with Crippen LogP contribution in [0.3, 0.4) is 0 Å². The summed E-state index contributed by atoms with van der Waals surface area (Å²) in [4.78, 5) is 28.2. The molecule has 0 fully saturated rings. The van der Waals surface area contributed by atoms with Crippen LogP contribution in [-0.4, -0.2) is 32.1 Å². The summed E-state index contributed by atoms with van der Waals surface area (Å²) in [7, 11) is 0. The van der Waals surface area contributed by atoms with Crippen LogP contribution in [0.4, 0.5) is 0 Å². The average Bonchev–Trinajstić information content (AvgIpc) is 2.69. The molecule has 2 aromatic heterocycles. The number of fused-ring (bicyclic) bond motifs is 1. The number of hydrogen-bond acceptors (Lipinski definition) is 4. The van der Waals surface area contributed by atoms with Crippen LogP contribution in [0.1, 0.15) is 12.2 Å². The highest BCUT2D eigenvalue weighted by Gasteiger charge is 2.06. The third kappa shape index (κ3) is 2.51. The zero-order chi connectivity index (χ0) is 12.3. The van der Waals surface area contributed by atoms with Crippen molar-refractivity contribution < 1.29 is 14.6 Å². The Hall–Kier alpha value is -2.15. The molecule has 0 spiro atoms. The Morgan fingerprint density at radius 3 is 3.18 bits per heavy atom. The summed E-state index contributed by atoms with van der Waals surface area (Å²) >= 11 is 0. The molecule has 0 aromatic carbocycles. The van der Waals surface area contributed by atoms with E-state index in [2.05, 4.69) is 9.97 Å². The number of ether oxygens (including phenoxy) is 1. The molecule has 0 atom stereocenters. The van der Waals surface area contributed by atoms with Crippen molar-refractivity contribution in [3.63, 3.8) is 0 Å². The van der Waals surface area contributed by atoms with Gasteiger partial charge in [-0.25, -0.2) is 4.98 Å². The Labute approximate surface area is 95.7 Å². The van der Waals surface area contributed by atoms with Gasteiger partial charge in [-0.1, -0.05) is 0 Å². The lowest BCUT2D eigenvalue weighted by Gasteiger charge is -2.01. The van der Waals surface area contributed by atoms with Gasteiger partial charge in [-0.05, 0) is 0 Å². The molecule has 0 amide bonds. The van der Waals surface area contributed by atoms with Crippen LogP contribution in [0.25, 0.3) is 5.52 Å². The first kappa shape index (κ1) is 11.3. The van der Waals surface area contributed by atoms with Gasteiger partial charge < -0.3 is 14.8 Å². The summed E-state index contributed by atoms with van der Waals surface area (Å²) in [5, 5.41) is 8.43. The van der Waals surface area contributed by atoms with E-state index in [0.717, 1.165) is 0 Å². The molecule has 0 bridgehead atoms. The predicted molar refractivity (Wildman–Crippen MR) is 57.7 cm³/mol. The van der Waals surface area contributed by atoms with Crippen LogP contribution >= 0.6 is 0 Å².